The van der Waals surface area contributed by atoms with Crippen LogP contribution in [0.5, 0.6) is 0 Å². The van der Waals surface area contributed by atoms with Gasteiger partial charge in [-0.1, -0.05) is 22.7 Å². The van der Waals surface area contributed by atoms with Crippen LogP contribution >= 0.6 is 11.5 Å². The Hall–Kier alpha value is -1.62. The summed E-state index contributed by atoms with van der Waals surface area (Å²) in [6.45, 7) is 6.13. The van der Waals surface area contributed by atoms with Gasteiger partial charge in [0.25, 0.3) is 0 Å². The molecular formula is C15H20N4S. The zero-order valence-electron chi connectivity index (χ0n) is 12.0. The highest BCUT2D eigenvalue weighted by molar-refractivity contribution is 7.10. The molecule has 0 radical (unpaired) electrons. The van der Waals surface area contributed by atoms with Crippen molar-refractivity contribution in [2.75, 3.05) is 16.8 Å². The second-order valence-electron chi connectivity index (χ2n) is 5.22. The summed E-state index contributed by atoms with van der Waals surface area (Å²) < 4.78 is 4.09. The van der Waals surface area contributed by atoms with E-state index in [0.717, 1.165) is 23.8 Å². The summed E-state index contributed by atoms with van der Waals surface area (Å²) >= 11 is 1.45. The molecule has 20 heavy (non-hydrogen) atoms. The van der Waals surface area contributed by atoms with Gasteiger partial charge in [-0.3, -0.25) is 0 Å². The summed E-state index contributed by atoms with van der Waals surface area (Å²) in [6, 6.07) is 9.24. The number of para-hydroxylation sites is 1. The average molecular weight is 288 g/mol. The zero-order valence-corrected chi connectivity index (χ0v) is 12.8. The van der Waals surface area contributed by atoms with Gasteiger partial charge in [0.15, 0.2) is 0 Å². The van der Waals surface area contributed by atoms with E-state index in [2.05, 4.69) is 57.9 Å². The third kappa shape index (κ3) is 2.50. The molecule has 1 aliphatic heterocycles. The zero-order chi connectivity index (χ0) is 13.9. The largest absolute Gasteiger partial charge is 0.374 e. The van der Waals surface area contributed by atoms with Crippen molar-refractivity contribution in [3.8, 4) is 0 Å². The Bertz CT molecular complexity index is 581. The Balaban J connectivity index is 1.88. The molecule has 0 amide bonds. The lowest BCUT2D eigenvalue weighted by molar-refractivity contribution is 0.556. The fraction of sp³-hybridized carbons (Fsp3) is 0.467. The van der Waals surface area contributed by atoms with E-state index in [-0.39, 0.29) is 0 Å². The van der Waals surface area contributed by atoms with Crippen LogP contribution in [0.3, 0.4) is 0 Å². The number of anilines is 2. The number of rotatable bonds is 4. The highest BCUT2D eigenvalue weighted by atomic mass is 32.1. The van der Waals surface area contributed by atoms with Crippen LogP contribution in [0.15, 0.2) is 24.3 Å². The van der Waals surface area contributed by atoms with Crippen molar-refractivity contribution in [3.05, 3.63) is 35.5 Å². The summed E-state index contributed by atoms with van der Waals surface area (Å²) in [5, 5.41) is 8.75. The van der Waals surface area contributed by atoms with Crippen LogP contribution in [-0.2, 0) is 13.0 Å². The monoisotopic (exact) mass is 288 g/mol. The van der Waals surface area contributed by atoms with E-state index in [0.29, 0.717) is 6.04 Å². The molecule has 1 atom stereocenters. The predicted molar refractivity (Wildman–Crippen MR) is 84.5 cm³/mol. The molecule has 0 saturated carbocycles. The van der Waals surface area contributed by atoms with Gasteiger partial charge in [-0.05, 0) is 38.3 Å². The summed E-state index contributed by atoms with van der Waals surface area (Å²) in [4.78, 5) is 2.45. The fourth-order valence-corrected chi connectivity index (χ4v) is 3.41. The first-order valence-electron chi connectivity index (χ1n) is 7.19. The molecule has 0 aliphatic carbocycles. The minimum atomic E-state index is 0.543. The highest BCUT2D eigenvalue weighted by Gasteiger charge is 2.24. The van der Waals surface area contributed by atoms with Crippen molar-refractivity contribution in [2.24, 2.45) is 0 Å². The van der Waals surface area contributed by atoms with E-state index in [1.54, 1.807) is 0 Å². The molecule has 0 spiro atoms. The van der Waals surface area contributed by atoms with E-state index < -0.39 is 0 Å². The van der Waals surface area contributed by atoms with Gasteiger partial charge < -0.3 is 10.2 Å². The number of nitrogens with zero attached hydrogens (tertiary/aromatic N) is 3. The molecule has 4 nitrogen and oxygen atoms in total. The lowest BCUT2D eigenvalue weighted by Gasteiger charge is -2.36. The quantitative estimate of drug-likeness (QED) is 0.937. The molecule has 2 aromatic rings. The van der Waals surface area contributed by atoms with Gasteiger partial charge >= 0.3 is 0 Å². The number of hydrogen-bond acceptors (Lipinski definition) is 5. The Morgan fingerprint density at radius 1 is 1.40 bits per heavy atom. The maximum Gasteiger partial charge on any atom is 0.135 e. The van der Waals surface area contributed by atoms with Gasteiger partial charge in [-0.15, -0.1) is 5.10 Å². The topological polar surface area (TPSA) is 41.1 Å². The van der Waals surface area contributed by atoms with Gasteiger partial charge in [0.05, 0.1) is 6.54 Å². The molecule has 1 unspecified atom stereocenters. The molecule has 0 fully saturated rings. The molecular weight excluding hydrogens is 268 g/mol. The summed E-state index contributed by atoms with van der Waals surface area (Å²) in [7, 11) is 0. The van der Waals surface area contributed by atoms with Crippen LogP contribution in [0.2, 0.25) is 0 Å². The third-order valence-corrected chi connectivity index (χ3v) is 4.60. The third-order valence-electron chi connectivity index (χ3n) is 3.88. The number of benzene rings is 1. The van der Waals surface area contributed by atoms with Crippen molar-refractivity contribution in [1.82, 2.24) is 9.59 Å². The van der Waals surface area contributed by atoms with Gasteiger partial charge in [-0.25, -0.2) is 0 Å². The van der Waals surface area contributed by atoms with E-state index in [1.165, 1.54) is 35.6 Å². The van der Waals surface area contributed by atoms with Crippen molar-refractivity contribution in [1.29, 1.82) is 0 Å². The lowest BCUT2D eigenvalue weighted by atomic mass is 9.96. The first-order chi connectivity index (χ1) is 9.79. The fourth-order valence-electron chi connectivity index (χ4n) is 2.77. The number of fused-ring (bicyclic) bond motifs is 1. The van der Waals surface area contributed by atoms with Crippen molar-refractivity contribution in [2.45, 2.75) is 39.3 Å². The standard InChI is InChI=1S/C15H20N4S/c1-3-16-15-13(17-18-20-15)10-19-11(2)8-9-12-6-4-5-7-14(12)19/h4-7,11,16H,3,8-10H2,1-2H3. The normalized spacial score (nSPS) is 17.9. The Labute approximate surface area is 124 Å². The highest BCUT2D eigenvalue weighted by Crippen LogP contribution is 2.32. The number of hydrogen-bond donors (Lipinski definition) is 1. The average Bonchev–Trinajstić information content (AvgIpc) is 2.90. The Morgan fingerprint density at radius 2 is 2.25 bits per heavy atom. The number of nitrogens with one attached hydrogen (secondary N) is 1. The van der Waals surface area contributed by atoms with Crippen LogP contribution in [0.25, 0.3) is 0 Å². The second kappa shape index (κ2) is 5.79. The van der Waals surface area contributed by atoms with Crippen LogP contribution in [0.1, 0.15) is 31.5 Å². The molecule has 1 aliphatic rings. The molecule has 2 heterocycles. The molecule has 1 N–H and O–H groups in total. The smallest absolute Gasteiger partial charge is 0.135 e. The lowest BCUT2D eigenvalue weighted by Crippen LogP contribution is -2.37. The van der Waals surface area contributed by atoms with Crippen LogP contribution in [-0.4, -0.2) is 22.2 Å². The molecule has 0 bridgehead atoms. The van der Waals surface area contributed by atoms with Crippen molar-refractivity contribution < 1.29 is 0 Å². The van der Waals surface area contributed by atoms with Crippen molar-refractivity contribution in [3.63, 3.8) is 0 Å². The molecule has 1 aromatic carbocycles. The number of aryl methyl sites for hydroxylation is 1. The van der Waals surface area contributed by atoms with E-state index in [4.69, 9.17) is 0 Å². The summed E-state index contributed by atoms with van der Waals surface area (Å²) in [5.41, 5.74) is 3.85. The van der Waals surface area contributed by atoms with Crippen LogP contribution < -0.4 is 10.2 Å². The van der Waals surface area contributed by atoms with Crippen molar-refractivity contribution >= 4 is 22.2 Å². The van der Waals surface area contributed by atoms with Gasteiger partial charge in [0, 0.05) is 29.8 Å². The van der Waals surface area contributed by atoms with Crippen LogP contribution in [0.4, 0.5) is 10.7 Å². The molecule has 106 valence electrons. The number of aromatic nitrogens is 2. The first-order valence-corrected chi connectivity index (χ1v) is 7.96. The van der Waals surface area contributed by atoms with E-state index in [1.807, 2.05) is 0 Å². The van der Waals surface area contributed by atoms with Gasteiger partial charge in [-0.2, -0.15) is 0 Å². The summed E-state index contributed by atoms with van der Waals surface area (Å²) in [6.07, 6.45) is 2.37. The van der Waals surface area contributed by atoms with Gasteiger partial charge in [0.2, 0.25) is 0 Å². The van der Waals surface area contributed by atoms with Crippen LogP contribution in [0, 0.1) is 0 Å². The SMILES string of the molecule is CCNc1snnc1CN1c2ccccc2CCC1C. The maximum atomic E-state index is 4.30. The van der Waals surface area contributed by atoms with E-state index in [9.17, 15) is 0 Å². The second-order valence-corrected chi connectivity index (χ2v) is 5.98. The van der Waals surface area contributed by atoms with Gasteiger partial charge in [0.1, 0.15) is 10.7 Å². The minimum Gasteiger partial charge on any atom is -0.374 e. The predicted octanol–water partition coefficient (Wildman–Crippen LogP) is 3.31. The molecule has 5 heteroatoms. The summed E-state index contributed by atoms with van der Waals surface area (Å²) in [5.74, 6) is 0. The Kier molecular flexibility index (Phi) is 3.87. The molecule has 1 aromatic heterocycles. The maximum absolute atomic E-state index is 4.30. The Morgan fingerprint density at radius 3 is 3.10 bits per heavy atom. The first kappa shape index (κ1) is 13.4. The van der Waals surface area contributed by atoms with E-state index >= 15 is 0 Å². The minimum absolute atomic E-state index is 0.543. The molecule has 0 saturated heterocycles. The molecule has 3 rings (SSSR count).